The molecule has 0 spiro atoms. The SMILES string of the molecule is O=C(COC(=O)C1CCN(C(=O)/C=C/c2ccccc2)CC1)NC(=O)NCC(F)(F)F. The fourth-order valence-corrected chi connectivity index (χ4v) is 2.81. The lowest BCUT2D eigenvalue weighted by Crippen LogP contribution is -2.45. The molecule has 4 amide bonds. The van der Waals surface area contributed by atoms with Gasteiger partial charge in [-0.2, -0.15) is 13.2 Å². The van der Waals surface area contributed by atoms with Gasteiger partial charge in [0.05, 0.1) is 5.92 Å². The molecule has 31 heavy (non-hydrogen) atoms. The minimum atomic E-state index is -4.61. The van der Waals surface area contributed by atoms with Crippen LogP contribution in [-0.4, -0.2) is 61.1 Å². The summed E-state index contributed by atoms with van der Waals surface area (Å²) in [5, 5.41) is 3.09. The van der Waals surface area contributed by atoms with Gasteiger partial charge >= 0.3 is 18.2 Å². The quantitative estimate of drug-likeness (QED) is 0.518. The van der Waals surface area contributed by atoms with Gasteiger partial charge in [0.2, 0.25) is 5.91 Å². The summed E-state index contributed by atoms with van der Waals surface area (Å²) < 4.78 is 40.8. The summed E-state index contributed by atoms with van der Waals surface area (Å²) in [6.45, 7) is -1.71. The van der Waals surface area contributed by atoms with Gasteiger partial charge in [0, 0.05) is 19.2 Å². The van der Waals surface area contributed by atoms with Crippen molar-refractivity contribution in [2.45, 2.75) is 19.0 Å². The van der Waals surface area contributed by atoms with Crippen LogP contribution in [0.1, 0.15) is 18.4 Å². The van der Waals surface area contributed by atoms with Crippen LogP contribution in [0.3, 0.4) is 0 Å². The molecule has 2 rings (SSSR count). The number of halogens is 3. The molecule has 8 nitrogen and oxygen atoms in total. The highest BCUT2D eigenvalue weighted by molar-refractivity contribution is 5.95. The van der Waals surface area contributed by atoms with Crippen LogP contribution in [-0.2, 0) is 19.1 Å². The van der Waals surface area contributed by atoms with Gasteiger partial charge in [0.1, 0.15) is 6.54 Å². The molecule has 11 heteroatoms. The molecule has 168 valence electrons. The highest BCUT2D eigenvalue weighted by Crippen LogP contribution is 2.19. The van der Waals surface area contributed by atoms with E-state index in [9.17, 15) is 32.3 Å². The van der Waals surface area contributed by atoms with Crippen LogP contribution in [0.4, 0.5) is 18.0 Å². The van der Waals surface area contributed by atoms with E-state index in [0.29, 0.717) is 25.9 Å². The third-order valence-corrected chi connectivity index (χ3v) is 4.41. The van der Waals surface area contributed by atoms with Gasteiger partial charge in [0.15, 0.2) is 6.61 Å². The average Bonchev–Trinajstić information content (AvgIpc) is 2.74. The standard InChI is InChI=1S/C20H22F3N3O5/c21-20(22,23)13-24-19(30)25-16(27)12-31-18(29)15-8-10-26(11-9-15)17(28)7-6-14-4-2-1-3-5-14/h1-7,15H,8-13H2,(H2,24,25,27,30)/b7-6+. The van der Waals surface area contributed by atoms with Crippen molar-refractivity contribution in [2.75, 3.05) is 26.2 Å². The number of urea groups is 1. The van der Waals surface area contributed by atoms with Crippen molar-refractivity contribution in [1.29, 1.82) is 0 Å². The Morgan fingerprint density at radius 2 is 1.74 bits per heavy atom. The molecule has 1 aliphatic rings. The zero-order valence-corrected chi connectivity index (χ0v) is 16.5. The van der Waals surface area contributed by atoms with E-state index in [0.717, 1.165) is 5.56 Å². The number of carbonyl (C=O) groups is 4. The van der Waals surface area contributed by atoms with Gasteiger partial charge in [-0.05, 0) is 24.5 Å². The lowest BCUT2D eigenvalue weighted by atomic mass is 9.97. The third kappa shape index (κ3) is 8.89. The lowest BCUT2D eigenvalue weighted by molar-refractivity contribution is -0.154. The van der Waals surface area contributed by atoms with Crippen molar-refractivity contribution in [2.24, 2.45) is 5.92 Å². The minimum Gasteiger partial charge on any atom is -0.455 e. The summed E-state index contributed by atoms with van der Waals surface area (Å²) in [7, 11) is 0. The molecule has 1 fully saturated rings. The van der Waals surface area contributed by atoms with Gasteiger partial charge < -0.3 is 15.0 Å². The van der Waals surface area contributed by atoms with Crippen LogP contribution in [0.2, 0.25) is 0 Å². The molecule has 1 saturated heterocycles. The molecule has 0 atom stereocenters. The largest absolute Gasteiger partial charge is 0.455 e. The molecule has 1 heterocycles. The lowest BCUT2D eigenvalue weighted by Gasteiger charge is -2.30. The first-order chi connectivity index (χ1) is 14.6. The summed E-state index contributed by atoms with van der Waals surface area (Å²) in [5.41, 5.74) is 0.889. The van der Waals surface area contributed by atoms with Gasteiger partial charge in [-0.15, -0.1) is 0 Å². The Bertz CT molecular complexity index is 819. The molecule has 0 radical (unpaired) electrons. The van der Waals surface area contributed by atoms with E-state index < -0.39 is 43.2 Å². The Balaban J connectivity index is 1.68. The average molecular weight is 441 g/mol. The summed E-state index contributed by atoms with van der Waals surface area (Å²) in [5.74, 6) is -2.42. The summed E-state index contributed by atoms with van der Waals surface area (Å²) in [6, 6.07) is 7.97. The molecular formula is C20H22F3N3O5. The van der Waals surface area contributed by atoms with Crippen LogP contribution in [0.25, 0.3) is 6.08 Å². The van der Waals surface area contributed by atoms with Gasteiger partial charge in [-0.3, -0.25) is 19.7 Å². The zero-order valence-electron chi connectivity index (χ0n) is 16.5. The number of nitrogens with zero attached hydrogens (tertiary/aromatic N) is 1. The maximum atomic E-state index is 12.2. The van der Waals surface area contributed by atoms with Crippen molar-refractivity contribution < 1.29 is 37.1 Å². The number of hydrogen-bond acceptors (Lipinski definition) is 5. The summed E-state index contributed by atoms with van der Waals surface area (Å²) >= 11 is 0. The molecule has 0 aliphatic carbocycles. The topological polar surface area (TPSA) is 105 Å². The molecule has 1 aromatic carbocycles. The first-order valence-electron chi connectivity index (χ1n) is 9.47. The molecule has 1 aromatic rings. The van der Waals surface area contributed by atoms with Crippen LogP contribution in [0.15, 0.2) is 36.4 Å². The zero-order chi connectivity index (χ0) is 22.9. The fourth-order valence-electron chi connectivity index (χ4n) is 2.81. The second kappa shape index (κ2) is 11.1. The van der Waals surface area contributed by atoms with Crippen molar-refractivity contribution in [3.63, 3.8) is 0 Å². The summed E-state index contributed by atoms with van der Waals surface area (Å²) in [6.07, 6.45) is -0.760. The third-order valence-electron chi connectivity index (χ3n) is 4.41. The highest BCUT2D eigenvalue weighted by atomic mass is 19.4. The van der Waals surface area contributed by atoms with Gasteiger partial charge in [-0.25, -0.2) is 4.79 Å². The predicted octanol–water partition coefficient (Wildman–Crippen LogP) is 1.87. The molecule has 0 saturated carbocycles. The van der Waals surface area contributed by atoms with Crippen LogP contribution in [0, 0.1) is 5.92 Å². The van der Waals surface area contributed by atoms with Crippen LogP contribution >= 0.6 is 0 Å². The maximum absolute atomic E-state index is 12.2. The van der Waals surface area contributed by atoms with Crippen LogP contribution < -0.4 is 10.6 Å². The minimum absolute atomic E-state index is 0.181. The number of benzene rings is 1. The number of carbonyl (C=O) groups excluding carboxylic acids is 4. The predicted molar refractivity (Wildman–Crippen MR) is 103 cm³/mol. The Morgan fingerprint density at radius 1 is 1.10 bits per heavy atom. The Labute approximate surface area is 176 Å². The van der Waals surface area contributed by atoms with Crippen LogP contribution in [0.5, 0.6) is 0 Å². The van der Waals surface area contributed by atoms with E-state index in [1.54, 1.807) is 16.3 Å². The Kier molecular flexibility index (Phi) is 8.59. The molecular weight excluding hydrogens is 419 g/mol. The number of amides is 4. The fraction of sp³-hybridized carbons (Fsp3) is 0.400. The van der Waals surface area contributed by atoms with Crippen molar-refractivity contribution in [1.82, 2.24) is 15.5 Å². The second-order valence-corrected chi connectivity index (χ2v) is 6.80. The van der Waals surface area contributed by atoms with Crippen molar-refractivity contribution >= 4 is 29.9 Å². The van der Waals surface area contributed by atoms with Gasteiger partial charge in [-0.1, -0.05) is 30.3 Å². The Morgan fingerprint density at radius 3 is 2.35 bits per heavy atom. The number of rotatable bonds is 6. The number of piperidine rings is 1. The second-order valence-electron chi connectivity index (χ2n) is 6.80. The molecule has 0 bridgehead atoms. The van der Waals surface area contributed by atoms with Gasteiger partial charge in [0.25, 0.3) is 5.91 Å². The maximum Gasteiger partial charge on any atom is 0.405 e. The highest BCUT2D eigenvalue weighted by Gasteiger charge is 2.29. The number of nitrogens with one attached hydrogen (secondary N) is 2. The summed E-state index contributed by atoms with van der Waals surface area (Å²) in [4.78, 5) is 48.6. The van der Waals surface area contributed by atoms with E-state index in [1.165, 1.54) is 11.4 Å². The first-order valence-corrected chi connectivity index (χ1v) is 9.47. The smallest absolute Gasteiger partial charge is 0.405 e. The van der Waals surface area contributed by atoms with E-state index in [1.807, 2.05) is 30.3 Å². The number of alkyl halides is 3. The number of esters is 1. The number of imide groups is 1. The first kappa shape index (κ1) is 23.9. The van der Waals surface area contributed by atoms with E-state index >= 15 is 0 Å². The van der Waals surface area contributed by atoms with Crippen molar-refractivity contribution in [3.8, 4) is 0 Å². The monoisotopic (exact) mass is 441 g/mol. The molecule has 1 aliphatic heterocycles. The molecule has 2 N–H and O–H groups in total. The van der Waals surface area contributed by atoms with E-state index in [2.05, 4.69) is 0 Å². The van der Waals surface area contributed by atoms with E-state index in [-0.39, 0.29) is 5.91 Å². The number of likely N-dealkylation sites (tertiary alicyclic amines) is 1. The number of ether oxygens (including phenoxy) is 1. The molecule has 0 aromatic heterocycles. The van der Waals surface area contributed by atoms with E-state index in [4.69, 9.17) is 4.74 Å². The van der Waals surface area contributed by atoms with Crippen molar-refractivity contribution in [3.05, 3.63) is 42.0 Å². The molecule has 0 unspecified atom stereocenters. The number of hydrogen-bond donors (Lipinski definition) is 2. The Hall–Kier alpha value is -3.37. The normalized spacial score (nSPS) is 14.9.